The Balaban J connectivity index is 1.84. The SMILES string of the molecule is Nc1ncccc1-c1cncn1CCc1cscn1. The topological polar surface area (TPSA) is 69.6 Å². The van der Waals surface area contributed by atoms with Crippen LogP contribution in [0.3, 0.4) is 0 Å². The predicted octanol–water partition coefficient (Wildman–Crippen LogP) is 2.23. The second-order valence-corrected chi connectivity index (χ2v) is 4.86. The molecule has 0 aromatic carbocycles. The molecule has 19 heavy (non-hydrogen) atoms. The standard InChI is InChI=1S/C13H13N5S/c14-13-11(2-1-4-16-13)12-6-15-8-18(12)5-3-10-7-19-9-17-10/h1-2,4,6-9H,3,5H2,(H2,14,16). The van der Waals surface area contributed by atoms with Gasteiger partial charge in [-0.05, 0) is 12.1 Å². The first-order chi connectivity index (χ1) is 9.34. The van der Waals surface area contributed by atoms with Gasteiger partial charge in [0.1, 0.15) is 5.82 Å². The van der Waals surface area contributed by atoms with Gasteiger partial charge in [-0.25, -0.2) is 15.0 Å². The van der Waals surface area contributed by atoms with Gasteiger partial charge in [0, 0.05) is 30.1 Å². The van der Waals surface area contributed by atoms with E-state index in [2.05, 4.69) is 24.9 Å². The first kappa shape index (κ1) is 11.9. The summed E-state index contributed by atoms with van der Waals surface area (Å²) >= 11 is 1.61. The van der Waals surface area contributed by atoms with Crippen molar-refractivity contribution in [2.45, 2.75) is 13.0 Å². The van der Waals surface area contributed by atoms with Crippen molar-refractivity contribution in [3.63, 3.8) is 0 Å². The van der Waals surface area contributed by atoms with E-state index in [1.807, 2.05) is 30.2 Å². The normalized spacial score (nSPS) is 10.7. The zero-order chi connectivity index (χ0) is 13.1. The minimum absolute atomic E-state index is 0.526. The summed E-state index contributed by atoms with van der Waals surface area (Å²) in [5.41, 5.74) is 10.8. The van der Waals surface area contributed by atoms with E-state index in [1.54, 1.807) is 17.5 Å². The summed E-state index contributed by atoms with van der Waals surface area (Å²) in [6.07, 6.45) is 6.20. The molecule has 3 aromatic heterocycles. The zero-order valence-corrected chi connectivity index (χ0v) is 11.0. The molecule has 2 N–H and O–H groups in total. The molecule has 96 valence electrons. The first-order valence-electron chi connectivity index (χ1n) is 5.92. The molecular formula is C13H13N5S. The van der Waals surface area contributed by atoms with Crippen molar-refractivity contribution in [2.75, 3.05) is 5.73 Å². The lowest BCUT2D eigenvalue weighted by atomic mass is 10.2. The van der Waals surface area contributed by atoms with Gasteiger partial charge in [0.2, 0.25) is 0 Å². The third kappa shape index (κ3) is 2.48. The van der Waals surface area contributed by atoms with Crippen molar-refractivity contribution in [1.29, 1.82) is 0 Å². The number of pyridine rings is 1. The Bertz CT molecular complexity index is 659. The number of thiazole rings is 1. The second-order valence-electron chi connectivity index (χ2n) is 4.14. The van der Waals surface area contributed by atoms with Crippen LogP contribution in [0.1, 0.15) is 5.69 Å². The summed E-state index contributed by atoms with van der Waals surface area (Å²) in [6.45, 7) is 0.827. The van der Waals surface area contributed by atoms with Crippen molar-refractivity contribution < 1.29 is 0 Å². The number of nitrogen functional groups attached to an aromatic ring is 1. The second kappa shape index (κ2) is 5.19. The minimum Gasteiger partial charge on any atom is -0.383 e. The molecule has 0 unspecified atom stereocenters. The number of nitrogens with two attached hydrogens (primary N) is 1. The van der Waals surface area contributed by atoms with Gasteiger partial charge in [0.15, 0.2) is 0 Å². The molecule has 5 nitrogen and oxygen atoms in total. The number of hydrogen-bond acceptors (Lipinski definition) is 5. The van der Waals surface area contributed by atoms with Gasteiger partial charge in [0.25, 0.3) is 0 Å². The Kier molecular flexibility index (Phi) is 3.24. The summed E-state index contributed by atoms with van der Waals surface area (Å²) in [7, 11) is 0. The molecular weight excluding hydrogens is 258 g/mol. The molecule has 0 amide bonds. The molecule has 3 aromatic rings. The van der Waals surface area contributed by atoms with Gasteiger partial charge in [-0.1, -0.05) is 0 Å². The molecule has 3 heterocycles. The van der Waals surface area contributed by atoms with Gasteiger partial charge >= 0.3 is 0 Å². The average molecular weight is 271 g/mol. The fraction of sp³-hybridized carbons (Fsp3) is 0.154. The summed E-state index contributed by atoms with van der Waals surface area (Å²) < 4.78 is 2.08. The monoisotopic (exact) mass is 271 g/mol. The van der Waals surface area contributed by atoms with E-state index in [1.165, 1.54) is 0 Å². The quantitative estimate of drug-likeness (QED) is 0.790. The van der Waals surface area contributed by atoms with Gasteiger partial charge in [-0.2, -0.15) is 0 Å². The van der Waals surface area contributed by atoms with Crippen molar-refractivity contribution in [2.24, 2.45) is 0 Å². The molecule has 0 bridgehead atoms. The first-order valence-corrected chi connectivity index (χ1v) is 6.87. The summed E-state index contributed by atoms with van der Waals surface area (Å²) in [6, 6.07) is 3.84. The molecule has 0 saturated carbocycles. The number of aryl methyl sites for hydroxylation is 2. The van der Waals surface area contributed by atoms with Crippen LogP contribution in [0, 0.1) is 0 Å². The average Bonchev–Trinajstić information content (AvgIpc) is 3.08. The van der Waals surface area contributed by atoms with Crippen LogP contribution in [0.4, 0.5) is 5.82 Å². The molecule has 0 aliphatic heterocycles. The Hall–Kier alpha value is -2.21. The summed E-state index contributed by atoms with van der Waals surface area (Å²) in [5, 5.41) is 2.06. The van der Waals surface area contributed by atoms with E-state index < -0.39 is 0 Å². The van der Waals surface area contributed by atoms with Crippen LogP contribution in [0.5, 0.6) is 0 Å². The summed E-state index contributed by atoms with van der Waals surface area (Å²) in [5.74, 6) is 0.526. The number of hydrogen-bond donors (Lipinski definition) is 1. The number of imidazole rings is 1. The van der Waals surface area contributed by atoms with Crippen LogP contribution >= 0.6 is 11.3 Å². The van der Waals surface area contributed by atoms with E-state index in [9.17, 15) is 0 Å². The Morgan fingerprint density at radius 3 is 3.05 bits per heavy atom. The number of aromatic nitrogens is 4. The van der Waals surface area contributed by atoms with E-state index in [0.29, 0.717) is 5.82 Å². The van der Waals surface area contributed by atoms with Crippen molar-refractivity contribution in [1.82, 2.24) is 19.5 Å². The maximum absolute atomic E-state index is 5.91. The number of nitrogens with zero attached hydrogens (tertiary/aromatic N) is 4. The largest absolute Gasteiger partial charge is 0.383 e. The van der Waals surface area contributed by atoms with Gasteiger partial charge < -0.3 is 10.3 Å². The fourth-order valence-electron chi connectivity index (χ4n) is 1.95. The smallest absolute Gasteiger partial charge is 0.132 e. The van der Waals surface area contributed by atoms with Crippen LogP contribution in [0.2, 0.25) is 0 Å². The molecule has 3 rings (SSSR count). The fourth-order valence-corrected chi connectivity index (χ4v) is 2.55. The van der Waals surface area contributed by atoms with Crippen LogP contribution in [0.15, 0.2) is 41.7 Å². The van der Waals surface area contributed by atoms with Crippen molar-refractivity contribution in [3.05, 3.63) is 47.4 Å². The highest BCUT2D eigenvalue weighted by Crippen LogP contribution is 2.23. The maximum Gasteiger partial charge on any atom is 0.132 e. The van der Waals surface area contributed by atoms with E-state index in [4.69, 9.17) is 5.73 Å². The Morgan fingerprint density at radius 2 is 2.26 bits per heavy atom. The minimum atomic E-state index is 0.526. The third-order valence-electron chi connectivity index (χ3n) is 2.92. The van der Waals surface area contributed by atoms with E-state index in [0.717, 1.165) is 29.9 Å². The molecule has 0 aliphatic carbocycles. The lowest BCUT2D eigenvalue weighted by Crippen LogP contribution is -2.03. The van der Waals surface area contributed by atoms with Gasteiger partial charge in [-0.3, -0.25) is 0 Å². The molecule has 0 fully saturated rings. The lowest BCUT2D eigenvalue weighted by molar-refractivity contribution is 0.693. The molecule has 0 atom stereocenters. The maximum atomic E-state index is 5.91. The Morgan fingerprint density at radius 1 is 1.32 bits per heavy atom. The van der Waals surface area contributed by atoms with Crippen LogP contribution in [-0.2, 0) is 13.0 Å². The zero-order valence-electron chi connectivity index (χ0n) is 10.2. The molecule has 0 aliphatic rings. The predicted molar refractivity (Wildman–Crippen MR) is 75.7 cm³/mol. The molecule has 0 saturated heterocycles. The van der Waals surface area contributed by atoms with Crippen LogP contribution < -0.4 is 5.73 Å². The van der Waals surface area contributed by atoms with Gasteiger partial charge in [0.05, 0.1) is 29.4 Å². The third-order valence-corrected chi connectivity index (χ3v) is 3.55. The van der Waals surface area contributed by atoms with E-state index >= 15 is 0 Å². The number of anilines is 1. The number of rotatable bonds is 4. The van der Waals surface area contributed by atoms with Gasteiger partial charge in [-0.15, -0.1) is 11.3 Å². The van der Waals surface area contributed by atoms with E-state index in [-0.39, 0.29) is 0 Å². The highest BCUT2D eigenvalue weighted by Gasteiger charge is 2.09. The van der Waals surface area contributed by atoms with Crippen molar-refractivity contribution in [3.8, 4) is 11.3 Å². The van der Waals surface area contributed by atoms with Crippen molar-refractivity contribution >= 4 is 17.2 Å². The van der Waals surface area contributed by atoms with Crippen LogP contribution in [-0.4, -0.2) is 19.5 Å². The molecule has 0 radical (unpaired) electrons. The lowest BCUT2D eigenvalue weighted by Gasteiger charge is -2.08. The Labute approximate surface area is 114 Å². The molecule has 6 heteroatoms. The highest BCUT2D eigenvalue weighted by molar-refractivity contribution is 7.07. The molecule has 0 spiro atoms. The summed E-state index contributed by atoms with van der Waals surface area (Å²) in [4.78, 5) is 12.6. The highest BCUT2D eigenvalue weighted by atomic mass is 32.1. The van der Waals surface area contributed by atoms with Crippen LogP contribution in [0.25, 0.3) is 11.3 Å².